The van der Waals surface area contributed by atoms with Crippen LogP contribution in [0.15, 0.2) is 21.8 Å². The number of alkyl halides is 3. The Kier molecular flexibility index (Phi) is 3.23. The van der Waals surface area contributed by atoms with Gasteiger partial charge in [0.2, 0.25) is 0 Å². The monoisotopic (exact) mass is 271 g/mol. The molecule has 0 aromatic carbocycles. The van der Waals surface area contributed by atoms with Crippen LogP contribution in [0.5, 0.6) is 0 Å². The molecule has 6 heteroatoms. The molecule has 13 heavy (non-hydrogen) atoms. The van der Waals surface area contributed by atoms with Gasteiger partial charge in [0.25, 0.3) is 0 Å². The Morgan fingerprint density at radius 1 is 1.46 bits per heavy atom. The molecule has 0 saturated heterocycles. The molecule has 0 aliphatic rings. The zero-order valence-electron chi connectivity index (χ0n) is 6.52. The van der Waals surface area contributed by atoms with Gasteiger partial charge in [0.05, 0.1) is 5.56 Å². The first-order valence-electron chi connectivity index (χ1n) is 3.22. The van der Waals surface area contributed by atoms with Crippen molar-refractivity contribution in [2.24, 2.45) is 0 Å². The van der Waals surface area contributed by atoms with E-state index in [-0.39, 0.29) is 5.03 Å². The fourth-order valence-corrected chi connectivity index (χ4v) is 1.68. The number of halogens is 4. The molecule has 0 radical (unpaired) electrons. The van der Waals surface area contributed by atoms with Crippen LogP contribution >= 0.6 is 27.7 Å². The average Bonchev–Trinajstić information content (AvgIpc) is 2.03. The molecule has 0 unspecified atom stereocenters. The van der Waals surface area contributed by atoms with Gasteiger partial charge in [0.15, 0.2) is 0 Å². The van der Waals surface area contributed by atoms with Crippen molar-refractivity contribution in [1.82, 2.24) is 4.98 Å². The van der Waals surface area contributed by atoms with E-state index in [1.54, 1.807) is 6.26 Å². The first-order chi connectivity index (χ1) is 5.95. The molecule has 0 atom stereocenters. The predicted molar refractivity (Wildman–Crippen MR) is 48.7 cm³/mol. The number of pyridine rings is 1. The van der Waals surface area contributed by atoms with Crippen LogP contribution in [0.4, 0.5) is 13.2 Å². The minimum atomic E-state index is -4.34. The van der Waals surface area contributed by atoms with Crippen molar-refractivity contribution in [2.75, 3.05) is 6.26 Å². The van der Waals surface area contributed by atoms with Crippen molar-refractivity contribution in [2.45, 2.75) is 11.2 Å². The molecule has 0 saturated carbocycles. The zero-order chi connectivity index (χ0) is 10.1. The Hall–Kier alpha value is -0.230. The summed E-state index contributed by atoms with van der Waals surface area (Å²) < 4.78 is 37.4. The maximum absolute atomic E-state index is 12.3. The van der Waals surface area contributed by atoms with Gasteiger partial charge in [-0.25, -0.2) is 4.98 Å². The molecule has 1 heterocycles. The summed E-state index contributed by atoms with van der Waals surface area (Å²) >= 11 is 3.93. The first-order valence-corrected chi connectivity index (χ1v) is 5.23. The second-order valence-electron chi connectivity index (χ2n) is 2.21. The quantitative estimate of drug-likeness (QED) is 0.725. The maximum atomic E-state index is 12.3. The Morgan fingerprint density at radius 2 is 2.08 bits per heavy atom. The average molecular weight is 272 g/mol. The molecule has 1 aromatic heterocycles. The van der Waals surface area contributed by atoms with E-state index in [0.29, 0.717) is 4.47 Å². The van der Waals surface area contributed by atoms with Crippen LogP contribution in [-0.2, 0) is 6.18 Å². The number of thioether (sulfide) groups is 1. The van der Waals surface area contributed by atoms with Crippen molar-refractivity contribution < 1.29 is 13.2 Å². The molecule has 0 bridgehead atoms. The van der Waals surface area contributed by atoms with Gasteiger partial charge in [0, 0.05) is 10.7 Å². The van der Waals surface area contributed by atoms with Gasteiger partial charge < -0.3 is 0 Å². The number of nitrogens with zero attached hydrogens (tertiary/aromatic N) is 1. The fraction of sp³-hybridized carbons (Fsp3) is 0.286. The van der Waals surface area contributed by atoms with Crippen molar-refractivity contribution in [3.8, 4) is 0 Å². The van der Waals surface area contributed by atoms with Gasteiger partial charge in [-0.05, 0) is 28.3 Å². The SMILES string of the molecule is CSc1ncc(Br)cc1C(F)(F)F. The van der Waals surface area contributed by atoms with E-state index in [1.807, 2.05) is 0 Å². The van der Waals surface area contributed by atoms with Crippen LogP contribution < -0.4 is 0 Å². The van der Waals surface area contributed by atoms with Gasteiger partial charge in [0.1, 0.15) is 5.03 Å². The summed E-state index contributed by atoms with van der Waals surface area (Å²) in [5.41, 5.74) is -0.700. The van der Waals surface area contributed by atoms with Crippen molar-refractivity contribution in [3.63, 3.8) is 0 Å². The zero-order valence-corrected chi connectivity index (χ0v) is 8.92. The van der Waals surface area contributed by atoms with E-state index in [2.05, 4.69) is 20.9 Å². The summed E-state index contributed by atoms with van der Waals surface area (Å²) in [6, 6.07) is 1.03. The molecule has 0 aliphatic carbocycles. The van der Waals surface area contributed by atoms with Gasteiger partial charge in [-0.15, -0.1) is 11.8 Å². The second kappa shape index (κ2) is 3.88. The molecular weight excluding hydrogens is 267 g/mol. The highest BCUT2D eigenvalue weighted by atomic mass is 79.9. The highest BCUT2D eigenvalue weighted by Crippen LogP contribution is 2.35. The molecule has 0 spiro atoms. The molecule has 1 rings (SSSR count). The highest BCUT2D eigenvalue weighted by Gasteiger charge is 2.34. The summed E-state index contributed by atoms with van der Waals surface area (Å²) in [5, 5.41) is -0.00398. The Morgan fingerprint density at radius 3 is 2.54 bits per heavy atom. The van der Waals surface area contributed by atoms with E-state index < -0.39 is 11.7 Å². The predicted octanol–water partition coefficient (Wildman–Crippen LogP) is 3.58. The van der Waals surface area contributed by atoms with Crippen LogP contribution in [0.2, 0.25) is 0 Å². The normalized spacial score (nSPS) is 11.8. The Balaban J connectivity index is 3.24. The molecule has 1 aromatic rings. The lowest BCUT2D eigenvalue weighted by Gasteiger charge is -2.09. The number of rotatable bonds is 1. The summed E-state index contributed by atoms with van der Waals surface area (Å²) in [6.45, 7) is 0. The third-order valence-corrected chi connectivity index (χ3v) is 2.46. The van der Waals surface area contributed by atoms with E-state index in [4.69, 9.17) is 0 Å². The molecule has 0 N–H and O–H groups in total. The third-order valence-electron chi connectivity index (χ3n) is 1.32. The van der Waals surface area contributed by atoms with Crippen LogP contribution in [0.3, 0.4) is 0 Å². The van der Waals surface area contributed by atoms with Gasteiger partial charge >= 0.3 is 6.18 Å². The van der Waals surface area contributed by atoms with Crippen molar-refractivity contribution >= 4 is 27.7 Å². The summed E-state index contributed by atoms with van der Waals surface area (Å²) in [6.07, 6.45) is -1.43. The molecule has 1 nitrogen and oxygen atoms in total. The van der Waals surface area contributed by atoms with E-state index in [9.17, 15) is 13.2 Å². The topological polar surface area (TPSA) is 12.9 Å². The van der Waals surface area contributed by atoms with Gasteiger partial charge in [-0.2, -0.15) is 13.2 Å². The van der Waals surface area contributed by atoms with Gasteiger partial charge in [-0.3, -0.25) is 0 Å². The lowest BCUT2D eigenvalue weighted by molar-refractivity contribution is -0.140. The maximum Gasteiger partial charge on any atom is 0.419 e. The minimum Gasteiger partial charge on any atom is -0.248 e. The highest BCUT2D eigenvalue weighted by molar-refractivity contribution is 9.10. The van der Waals surface area contributed by atoms with Crippen molar-refractivity contribution in [1.29, 1.82) is 0 Å². The summed E-state index contributed by atoms with van der Waals surface area (Å²) in [4.78, 5) is 3.66. The molecule has 72 valence electrons. The smallest absolute Gasteiger partial charge is 0.248 e. The van der Waals surface area contributed by atoms with Gasteiger partial charge in [-0.1, -0.05) is 0 Å². The minimum absolute atomic E-state index is 0.00398. The molecule has 0 amide bonds. The largest absolute Gasteiger partial charge is 0.419 e. The van der Waals surface area contributed by atoms with Crippen LogP contribution in [0.1, 0.15) is 5.56 Å². The molecule has 0 aliphatic heterocycles. The molecule has 0 fully saturated rings. The van der Waals surface area contributed by atoms with Crippen LogP contribution in [0.25, 0.3) is 0 Å². The molecular formula is C7H5BrF3NS. The Labute approximate surface area is 85.9 Å². The number of hydrogen-bond donors (Lipinski definition) is 0. The standard InChI is InChI=1S/C7H5BrF3NS/c1-13-6-5(7(9,10)11)2-4(8)3-12-6/h2-3H,1H3. The number of hydrogen-bond acceptors (Lipinski definition) is 2. The fourth-order valence-electron chi connectivity index (χ4n) is 0.792. The van der Waals surface area contributed by atoms with Crippen molar-refractivity contribution in [3.05, 3.63) is 22.3 Å². The first kappa shape index (κ1) is 10.8. The lowest BCUT2D eigenvalue weighted by atomic mass is 10.3. The Bertz CT molecular complexity index is 313. The van der Waals surface area contributed by atoms with E-state index >= 15 is 0 Å². The van der Waals surface area contributed by atoms with Crippen LogP contribution in [0, 0.1) is 0 Å². The number of aromatic nitrogens is 1. The van der Waals surface area contributed by atoms with Crippen LogP contribution in [-0.4, -0.2) is 11.2 Å². The third kappa shape index (κ3) is 2.60. The van der Waals surface area contributed by atoms with E-state index in [0.717, 1.165) is 17.8 Å². The summed E-state index contributed by atoms with van der Waals surface area (Å²) in [7, 11) is 0. The van der Waals surface area contributed by atoms with E-state index in [1.165, 1.54) is 6.20 Å². The lowest BCUT2D eigenvalue weighted by Crippen LogP contribution is -2.07. The summed E-state index contributed by atoms with van der Waals surface area (Å²) in [5.74, 6) is 0. The second-order valence-corrected chi connectivity index (χ2v) is 3.92.